The van der Waals surface area contributed by atoms with Gasteiger partial charge in [0, 0.05) is 5.56 Å². The van der Waals surface area contributed by atoms with E-state index < -0.39 is 17.8 Å². The number of methoxy groups -OCH3 is 1. The van der Waals surface area contributed by atoms with E-state index in [-0.39, 0.29) is 16.3 Å². The first kappa shape index (κ1) is 11.7. The molecular weight excluding hydrogens is 225 g/mol. The monoisotopic (exact) mass is 233 g/mol. The van der Waals surface area contributed by atoms with Crippen LogP contribution in [0.1, 0.15) is 11.6 Å². The summed E-state index contributed by atoms with van der Waals surface area (Å²) in [5.41, 5.74) is 5.36. The minimum absolute atomic E-state index is 0.00926. The average molecular weight is 234 g/mol. The van der Waals surface area contributed by atoms with Gasteiger partial charge in [-0.2, -0.15) is 0 Å². The van der Waals surface area contributed by atoms with Crippen LogP contribution < -0.4 is 10.5 Å². The predicted octanol–water partition coefficient (Wildman–Crippen LogP) is 1.57. The summed E-state index contributed by atoms with van der Waals surface area (Å²) in [6.45, 7) is 0. The van der Waals surface area contributed by atoms with Crippen molar-refractivity contribution in [1.82, 2.24) is 0 Å². The van der Waals surface area contributed by atoms with Crippen LogP contribution in [0.25, 0.3) is 0 Å². The summed E-state index contributed by atoms with van der Waals surface area (Å²) in [7, 11) is 1.30. The fourth-order valence-electron chi connectivity index (χ4n) is 1.16. The Morgan fingerprint density at radius 1 is 1.67 bits per heavy atom. The van der Waals surface area contributed by atoms with Gasteiger partial charge in [-0.25, -0.2) is 4.39 Å². The number of nitrogens with two attached hydrogens (primary N) is 1. The number of rotatable bonds is 3. The summed E-state index contributed by atoms with van der Waals surface area (Å²) in [5, 5.41) is 8.68. The van der Waals surface area contributed by atoms with Gasteiger partial charge in [-0.3, -0.25) is 4.79 Å². The molecule has 0 spiro atoms. The van der Waals surface area contributed by atoms with Crippen molar-refractivity contribution in [2.75, 3.05) is 7.11 Å². The Morgan fingerprint density at radius 3 is 2.73 bits per heavy atom. The van der Waals surface area contributed by atoms with Gasteiger partial charge in [0.05, 0.1) is 12.1 Å². The molecule has 0 amide bonds. The second-order valence-corrected chi connectivity index (χ2v) is 3.23. The molecule has 1 aromatic rings. The van der Waals surface area contributed by atoms with Crippen LogP contribution in [0.4, 0.5) is 4.39 Å². The first-order chi connectivity index (χ1) is 6.97. The number of carbonyl (C=O) groups is 1. The third kappa shape index (κ3) is 2.37. The first-order valence-corrected chi connectivity index (χ1v) is 4.36. The molecule has 1 aromatic carbocycles. The Labute approximate surface area is 90.4 Å². The summed E-state index contributed by atoms with van der Waals surface area (Å²) in [6.07, 6.45) is 0. The van der Waals surface area contributed by atoms with Gasteiger partial charge in [-0.05, 0) is 12.1 Å². The van der Waals surface area contributed by atoms with Crippen molar-refractivity contribution >= 4 is 17.6 Å². The smallest absolute Gasteiger partial charge is 0.325 e. The second kappa shape index (κ2) is 4.46. The largest absolute Gasteiger partial charge is 0.495 e. The highest BCUT2D eigenvalue weighted by Crippen LogP contribution is 2.32. The van der Waals surface area contributed by atoms with Crippen LogP contribution in [0.15, 0.2) is 12.1 Å². The number of hydrogen-bond acceptors (Lipinski definition) is 3. The number of ether oxygens (including phenoxy) is 1. The van der Waals surface area contributed by atoms with E-state index in [2.05, 4.69) is 0 Å². The minimum Gasteiger partial charge on any atom is -0.495 e. The standard InChI is InChI=1S/C9H9ClFNO3/c1-15-8-5(7(12)9(13)14)2-4(11)3-6(8)10/h2-3,7H,12H2,1H3,(H,13,14). The van der Waals surface area contributed by atoms with Crippen molar-refractivity contribution in [3.63, 3.8) is 0 Å². The van der Waals surface area contributed by atoms with E-state index in [9.17, 15) is 9.18 Å². The van der Waals surface area contributed by atoms with Crippen LogP contribution in [0.5, 0.6) is 5.75 Å². The summed E-state index contributed by atoms with van der Waals surface area (Å²) >= 11 is 5.67. The molecule has 0 aromatic heterocycles. The SMILES string of the molecule is COc1c(Cl)cc(F)cc1C(N)C(=O)O. The van der Waals surface area contributed by atoms with Crippen molar-refractivity contribution in [1.29, 1.82) is 0 Å². The van der Waals surface area contributed by atoms with Crippen molar-refractivity contribution < 1.29 is 19.0 Å². The number of aliphatic carboxylic acids is 1. The molecule has 0 radical (unpaired) electrons. The maximum Gasteiger partial charge on any atom is 0.325 e. The van der Waals surface area contributed by atoms with Gasteiger partial charge in [0.15, 0.2) is 0 Å². The Balaban J connectivity index is 3.32. The summed E-state index contributed by atoms with van der Waals surface area (Å²) in [5.74, 6) is -1.87. The number of carboxylic acid groups (broad SMARTS) is 1. The molecule has 0 fully saturated rings. The Hall–Kier alpha value is -1.33. The quantitative estimate of drug-likeness (QED) is 0.831. The number of halogens is 2. The van der Waals surface area contributed by atoms with Gasteiger partial charge in [-0.15, -0.1) is 0 Å². The molecular formula is C9H9ClFNO3. The molecule has 1 atom stereocenters. The van der Waals surface area contributed by atoms with E-state index in [0.29, 0.717) is 0 Å². The highest BCUT2D eigenvalue weighted by atomic mass is 35.5. The number of carboxylic acids is 1. The maximum absolute atomic E-state index is 13.0. The van der Waals surface area contributed by atoms with Gasteiger partial charge in [0.1, 0.15) is 17.6 Å². The molecule has 0 saturated carbocycles. The lowest BCUT2D eigenvalue weighted by molar-refractivity contribution is -0.138. The molecule has 3 N–H and O–H groups in total. The maximum atomic E-state index is 13.0. The van der Waals surface area contributed by atoms with Crippen LogP contribution in [0.2, 0.25) is 5.02 Å². The van der Waals surface area contributed by atoms with Gasteiger partial charge in [0.2, 0.25) is 0 Å². The minimum atomic E-state index is -1.37. The molecule has 0 aliphatic rings. The van der Waals surface area contributed by atoms with Gasteiger partial charge in [0.25, 0.3) is 0 Å². The van der Waals surface area contributed by atoms with Crippen LogP contribution in [-0.4, -0.2) is 18.2 Å². The average Bonchev–Trinajstić information content (AvgIpc) is 2.15. The Kier molecular flexibility index (Phi) is 3.49. The first-order valence-electron chi connectivity index (χ1n) is 3.98. The van der Waals surface area contributed by atoms with E-state index in [4.69, 9.17) is 27.2 Å². The molecule has 0 heterocycles. The van der Waals surface area contributed by atoms with Crippen LogP contribution in [-0.2, 0) is 4.79 Å². The van der Waals surface area contributed by atoms with Crippen molar-refractivity contribution in [2.45, 2.75) is 6.04 Å². The van der Waals surface area contributed by atoms with Gasteiger partial charge >= 0.3 is 5.97 Å². The molecule has 0 aliphatic heterocycles. The van der Waals surface area contributed by atoms with Crippen molar-refractivity contribution in [3.8, 4) is 5.75 Å². The van der Waals surface area contributed by atoms with E-state index >= 15 is 0 Å². The lowest BCUT2D eigenvalue weighted by Gasteiger charge is -2.13. The third-order valence-electron chi connectivity index (χ3n) is 1.84. The van der Waals surface area contributed by atoms with E-state index in [1.54, 1.807) is 0 Å². The number of benzene rings is 1. The summed E-state index contributed by atoms with van der Waals surface area (Å²) in [4.78, 5) is 10.6. The third-order valence-corrected chi connectivity index (χ3v) is 2.12. The van der Waals surface area contributed by atoms with Crippen molar-refractivity contribution in [3.05, 3.63) is 28.5 Å². The molecule has 0 aliphatic carbocycles. The van der Waals surface area contributed by atoms with Crippen LogP contribution in [0.3, 0.4) is 0 Å². The second-order valence-electron chi connectivity index (χ2n) is 2.83. The summed E-state index contributed by atoms with van der Waals surface area (Å²) < 4.78 is 17.8. The van der Waals surface area contributed by atoms with Crippen molar-refractivity contribution in [2.24, 2.45) is 5.73 Å². The number of hydrogen-bond donors (Lipinski definition) is 2. The highest BCUT2D eigenvalue weighted by molar-refractivity contribution is 6.32. The Morgan fingerprint density at radius 2 is 2.27 bits per heavy atom. The molecule has 4 nitrogen and oxygen atoms in total. The van der Waals surface area contributed by atoms with E-state index in [0.717, 1.165) is 12.1 Å². The molecule has 1 rings (SSSR count). The fourth-order valence-corrected chi connectivity index (χ4v) is 1.45. The van der Waals surface area contributed by atoms with Gasteiger partial charge in [-0.1, -0.05) is 11.6 Å². The highest BCUT2D eigenvalue weighted by Gasteiger charge is 2.21. The zero-order valence-electron chi connectivity index (χ0n) is 7.83. The molecule has 0 saturated heterocycles. The molecule has 15 heavy (non-hydrogen) atoms. The van der Waals surface area contributed by atoms with Crippen LogP contribution >= 0.6 is 11.6 Å². The summed E-state index contributed by atoms with van der Waals surface area (Å²) in [6, 6.07) is 0.648. The topological polar surface area (TPSA) is 72.5 Å². The molecule has 0 bridgehead atoms. The predicted molar refractivity (Wildman–Crippen MR) is 52.5 cm³/mol. The van der Waals surface area contributed by atoms with E-state index in [1.165, 1.54) is 7.11 Å². The zero-order chi connectivity index (χ0) is 11.6. The lowest BCUT2D eigenvalue weighted by Crippen LogP contribution is -2.21. The zero-order valence-corrected chi connectivity index (χ0v) is 8.58. The Bertz CT molecular complexity index is 397. The lowest BCUT2D eigenvalue weighted by atomic mass is 10.1. The molecule has 82 valence electrons. The van der Waals surface area contributed by atoms with Gasteiger partial charge < -0.3 is 15.6 Å². The normalized spacial score (nSPS) is 12.3. The molecule has 6 heteroatoms. The van der Waals surface area contributed by atoms with Crippen LogP contribution in [0, 0.1) is 5.82 Å². The fraction of sp³-hybridized carbons (Fsp3) is 0.222. The molecule has 1 unspecified atom stereocenters. The van der Waals surface area contributed by atoms with E-state index in [1.807, 2.05) is 0 Å².